The van der Waals surface area contributed by atoms with E-state index in [0.717, 1.165) is 12.5 Å². The SMILES string of the molecule is CS(=O)(=O)c1cc2occ(NC=O)c(=O)c2cc1Oc1ccccc1. The van der Waals surface area contributed by atoms with Gasteiger partial charge in [0.25, 0.3) is 0 Å². The third-order valence-corrected chi connectivity index (χ3v) is 4.54. The van der Waals surface area contributed by atoms with Gasteiger partial charge in [-0.05, 0) is 18.2 Å². The molecule has 1 heterocycles. The summed E-state index contributed by atoms with van der Waals surface area (Å²) in [7, 11) is -3.64. The number of benzene rings is 2. The van der Waals surface area contributed by atoms with E-state index in [9.17, 15) is 18.0 Å². The predicted molar refractivity (Wildman–Crippen MR) is 91.8 cm³/mol. The quantitative estimate of drug-likeness (QED) is 0.702. The highest BCUT2D eigenvalue weighted by Crippen LogP contribution is 2.32. The maximum Gasteiger partial charge on any atom is 0.216 e. The van der Waals surface area contributed by atoms with Gasteiger partial charge in [-0.25, -0.2) is 8.42 Å². The van der Waals surface area contributed by atoms with Crippen LogP contribution < -0.4 is 15.5 Å². The first-order valence-electron chi connectivity index (χ1n) is 7.13. The van der Waals surface area contributed by atoms with Gasteiger partial charge in [0, 0.05) is 12.3 Å². The molecule has 7 nitrogen and oxygen atoms in total. The number of rotatable bonds is 5. The summed E-state index contributed by atoms with van der Waals surface area (Å²) in [5.41, 5.74) is -0.492. The molecule has 0 aliphatic rings. The maximum atomic E-state index is 12.4. The van der Waals surface area contributed by atoms with E-state index in [0.29, 0.717) is 12.2 Å². The molecule has 0 aliphatic heterocycles. The molecule has 0 saturated carbocycles. The maximum absolute atomic E-state index is 12.4. The largest absolute Gasteiger partial charge is 0.462 e. The fraction of sp³-hybridized carbons (Fsp3) is 0.0588. The molecule has 25 heavy (non-hydrogen) atoms. The molecular formula is C17H13NO6S. The number of hydrogen-bond acceptors (Lipinski definition) is 6. The Bertz CT molecular complexity index is 1100. The number of hydrogen-bond donors (Lipinski definition) is 1. The van der Waals surface area contributed by atoms with Crippen LogP contribution in [0.1, 0.15) is 0 Å². The standard InChI is InChI=1S/C17H13NO6S/c1-25(21,22)16-8-14-12(17(20)13(9-23-14)18-10-19)7-15(16)24-11-5-3-2-4-6-11/h2-10H,1H3,(H,18,19). The molecule has 0 bridgehead atoms. The third-order valence-electron chi connectivity index (χ3n) is 3.42. The number of nitrogens with one attached hydrogen (secondary N) is 1. The number of carbonyl (C=O) groups excluding carboxylic acids is 1. The Balaban J connectivity index is 2.26. The van der Waals surface area contributed by atoms with Crippen molar-refractivity contribution in [1.29, 1.82) is 0 Å². The Morgan fingerprint density at radius 2 is 1.88 bits per heavy atom. The lowest BCUT2D eigenvalue weighted by molar-refractivity contribution is -0.105. The van der Waals surface area contributed by atoms with E-state index in [1.54, 1.807) is 30.3 Å². The van der Waals surface area contributed by atoms with Crippen LogP contribution in [0.2, 0.25) is 0 Å². The lowest BCUT2D eigenvalue weighted by Crippen LogP contribution is -2.10. The summed E-state index contributed by atoms with van der Waals surface area (Å²) in [6, 6.07) is 11.1. The highest BCUT2D eigenvalue weighted by Gasteiger charge is 2.19. The fourth-order valence-corrected chi connectivity index (χ4v) is 3.07. The molecule has 0 unspecified atom stereocenters. The Morgan fingerprint density at radius 3 is 2.52 bits per heavy atom. The Labute approximate surface area is 142 Å². The third kappa shape index (κ3) is 3.38. The highest BCUT2D eigenvalue weighted by molar-refractivity contribution is 7.90. The summed E-state index contributed by atoms with van der Waals surface area (Å²) in [6.45, 7) is 0. The van der Waals surface area contributed by atoms with Gasteiger partial charge in [0.15, 0.2) is 9.84 Å². The zero-order chi connectivity index (χ0) is 18.0. The van der Waals surface area contributed by atoms with Crippen molar-refractivity contribution in [2.24, 2.45) is 0 Å². The Kier molecular flexibility index (Phi) is 4.28. The van der Waals surface area contributed by atoms with Crippen molar-refractivity contribution >= 4 is 32.9 Å². The average molecular weight is 359 g/mol. The number of amides is 1. The number of para-hydroxylation sites is 1. The molecule has 0 saturated heterocycles. The first kappa shape index (κ1) is 16.7. The van der Waals surface area contributed by atoms with E-state index in [1.807, 2.05) is 0 Å². The van der Waals surface area contributed by atoms with Crippen LogP contribution in [-0.4, -0.2) is 21.1 Å². The number of carbonyl (C=O) groups is 1. The molecule has 0 spiro atoms. The van der Waals surface area contributed by atoms with Crippen LogP contribution in [0.15, 0.2) is 62.8 Å². The van der Waals surface area contributed by atoms with Gasteiger partial charge in [0.1, 0.15) is 33.9 Å². The summed E-state index contributed by atoms with van der Waals surface area (Å²) < 4.78 is 35.1. The summed E-state index contributed by atoms with van der Waals surface area (Å²) >= 11 is 0. The Hall–Kier alpha value is -3.13. The van der Waals surface area contributed by atoms with E-state index >= 15 is 0 Å². The average Bonchev–Trinajstić information content (AvgIpc) is 2.57. The molecule has 0 radical (unpaired) electrons. The smallest absolute Gasteiger partial charge is 0.216 e. The monoisotopic (exact) mass is 359 g/mol. The molecular weight excluding hydrogens is 346 g/mol. The van der Waals surface area contributed by atoms with E-state index in [1.165, 1.54) is 12.1 Å². The van der Waals surface area contributed by atoms with Crippen LogP contribution in [0, 0.1) is 0 Å². The minimum Gasteiger partial charge on any atom is -0.462 e. The van der Waals surface area contributed by atoms with Crippen LogP contribution in [0.3, 0.4) is 0 Å². The number of anilines is 1. The molecule has 3 aromatic rings. The molecule has 3 rings (SSSR count). The van der Waals surface area contributed by atoms with Crippen molar-refractivity contribution in [3.05, 3.63) is 59.0 Å². The minimum absolute atomic E-state index is 0.00301. The van der Waals surface area contributed by atoms with Gasteiger partial charge in [-0.2, -0.15) is 0 Å². The number of ether oxygens (including phenoxy) is 1. The summed E-state index contributed by atoms with van der Waals surface area (Å²) in [5, 5.41) is 2.32. The highest BCUT2D eigenvalue weighted by atomic mass is 32.2. The molecule has 0 aliphatic carbocycles. The van der Waals surface area contributed by atoms with Crippen molar-refractivity contribution in [2.75, 3.05) is 11.6 Å². The number of sulfone groups is 1. The van der Waals surface area contributed by atoms with E-state index in [-0.39, 0.29) is 27.3 Å². The van der Waals surface area contributed by atoms with Crippen molar-refractivity contribution in [3.63, 3.8) is 0 Å². The van der Waals surface area contributed by atoms with Gasteiger partial charge in [0.2, 0.25) is 11.8 Å². The van der Waals surface area contributed by atoms with Gasteiger partial charge in [0.05, 0.1) is 5.39 Å². The zero-order valence-corrected chi connectivity index (χ0v) is 13.9. The first-order chi connectivity index (χ1) is 11.9. The van der Waals surface area contributed by atoms with Crippen LogP contribution >= 0.6 is 0 Å². The molecule has 0 fully saturated rings. The van der Waals surface area contributed by atoms with E-state index in [4.69, 9.17) is 9.15 Å². The molecule has 1 amide bonds. The summed E-state index contributed by atoms with van der Waals surface area (Å²) in [5.74, 6) is 0.412. The van der Waals surface area contributed by atoms with Crippen molar-refractivity contribution in [3.8, 4) is 11.5 Å². The van der Waals surface area contributed by atoms with Crippen LogP contribution in [0.5, 0.6) is 11.5 Å². The molecule has 128 valence electrons. The molecule has 1 aromatic heterocycles. The van der Waals surface area contributed by atoms with Crippen molar-refractivity contribution in [2.45, 2.75) is 4.90 Å². The lowest BCUT2D eigenvalue weighted by atomic mass is 10.2. The topological polar surface area (TPSA) is 103 Å². The second-order valence-corrected chi connectivity index (χ2v) is 7.21. The van der Waals surface area contributed by atoms with E-state index in [2.05, 4.69) is 5.32 Å². The first-order valence-corrected chi connectivity index (χ1v) is 9.02. The van der Waals surface area contributed by atoms with E-state index < -0.39 is 15.3 Å². The normalized spacial score (nSPS) is 11.2. The van der Waals surface area contributed by atoms with Gasteiger partial charge >= 0.3 is 0 Å². The molecule has 2 aromatic carbocycles. The summed E-state index contributed by atoms with van der Waals surface area (Å²) in [6.07, 6.45) is 2.44. The second-order valence-electron chi connectivity index (χ2n) is 5.22. The van der Waals surface area contributed by atoms with Crippen molar-refractivity contribution in [1.82, 2.24) is 0 Å². The fourth-order valence-electron chi connectivity index (χ4n) is 2.29. The van der Waals surface area contributed by atoms with Crippen LogP contribution in [-0.2, 0) is 14.6 Å². The minimum atomic E-state index is -3.64. The van der Waals surface area contributed by atoms with Crippen molar-refractivity contribution < 1.29 is 22.4 Å². The summed E-state index contributed by atoms with van der Waals surface area (Å²) in [4.78, 5) is 22.8. The predicted octanol–water partition coefficient (Wildman–Crippen LogP) is 2.56. The second kappa shape index (κ2) is 6.40. The number of fused-ring (bicyclic) bond motifs is 1. The lowest BCUT2D eigenvalue weighted by Gasteiger charge is -2.11. The molecule has 1 N–H and O–H groups in total. The van der Waals surface area contributed by atoms with Gasteiger partial charge in [-0.1, -0.05) is 18.2 Å². The molecule has 8 heteroatoms. The van der Waals surface area contributed by atoms with Crippen LogP contribution in [0.25, 0.3) is 11.0 Å². The van der Waals surface area contributed by atoms with Crippen LogP contribution in [0.4, 0.5) is 5.69 Å². The zero-order valence-electron chi connectivity index (χ0n) is 13.1. The van der Waals surface area contributed by atoms with Gasteiger partial charge in [-0.15, -0.1) is 0 Å². The Morgan fingerprint density at radius 1 is 1.16 bits per heavy atom. The van der Waals surface area contributed by atoms with Gasteiger partial charge < -0.3 is 14.5 Å². The van der Waals surface area contributed by atoms with Gasteiger partial charge in [-0.3, -0.25) is 9.59 Å². The molecule has 0 atom stereocenters.